The van der Waals surface area contributed by atoms with Crippen molar-refractivity contribution in [2.24, 2.45) is 23.7 Å². The molecule has 1 nitrogen and oxygen atoms in total. The Labute approximate surface area is 197 Å². The average molecular weight is 489 g/mol. The van der Waals surface area contributed by atoms with Crippen molar-refractivity contribution >= 4 is 0 Å². The molecule has 1 saturated heterocycles. The van der Waals surface area contributed by atoms with Gasteiger partial charge in [0.05, 0.1) is 17.7 Å². The van der Waals surface area contributed by atoms with Gasteiger partial charge in [-0.15, -0.1) is 6.58 Å². The summed E-state index contributed by atoms with van der Waals surface area (Å²) in [5, 5.41) is 0. The second-order valence-electron chi connectivity index (χ2n) is 10.6. The monoisotopic (exact) mass is 488 g/mol. The normalized spacial score (nSPS) is 30.3. The van der Waals surface area contributed by atoms with Crippen LogP contribution >= 0.6 is 0 Å². The second kappa shape index (κ2) is 9.87. The van der Waals surface area contributed by atoms with E-state index in [2.05, 4.69) is 12.7 Å². The van der Waals surface area contributed by atoms with Gasteiger partial charge >= 0.3 is 12.4 Å². The Morgan fingerprint density at radius 1 is 0.882 bits per heavy atom. The van der Waals surface area contributed by atoms with Crippen LogP contribution in [0.15, 0.2) is 18.7 Å². The summed E-state index contributed by atoms with van der Waals surface area (Å²) in [6.07, 6.45) is 0.389. The number of hydrogen-bond donors (Lipinski definition) is 0. The first-order chi connectivity index (χ1) is 16.0. The van der Waals surface area contributed by atoms with Crippen LogP contribution in [0.3, 0.4) is 0 Å². The highest BCUT2D eigenvalue weighted by molar-refractivity contribution is 5.50. The SMILES string of the molecule is C=CC1CCC(C2CCC(CCc3c(C)cc(C4CO4)c(C(F)(F)F)c3C(F)(F)F)CC2)CC1. The van der Waals surface area contributed by atoms with Crippen molar-refractivity contribution in [1.82, 2.24) is 0 Å². The van der Waals surface area contributed by atoms with Crippen molar-refractivity contribution in [3.05, 3.63) is 46.5 Å². The second-order valence-corrected chi connectivity index (χ2v) is 10.6. The van der Waals surface area contributed by atoms with Crippen LogP contribution < -0.4 is 0 Å². The molecule has 0 N–H and O–H groups in total. The van der Waals surface area contributed by atoms with Gasteiger partial charge in [0.2, 0.25) is 0 Å². The van der Waals surface area contributed by atoms with Crippen LogP contribution in [0, 0.1) is 30.6 Å². The molecule has 3 fully saturated rings. The Kier molecular flexibility index (Phi) is 7.42. The van der Waals surface area contributed by atoms with Crippen LogP contribution in [0.5, 0.6) is 0 Å². The van der Waals surface area contributed by atoms with Gasteiger partial charge in [-0.2, -0.15) is 26.3 Å². The number of epoxide rings is 1. The molecular weight excluding hydrogens is 454 g/mol. The zero-order chi connectivity index (χ0) is 24.7. The number of benzene rings is 1. The Morgan fingerprint density at radius 3 is 1.88 bits per heavy atom. The first-order valence-corrected chi connectivity index (χ1v) is 12.5. The van der Waals surface area contributed by atoms with E-state index in [0.717, 1.165) is 31.6 Å². The van der Waals surface area contributed by atoms with Crippen LogP contribution in [0.2, 0.25) is 0 Å². The highest BCUT2D eigenvalue weighted by Gasteiger charge is 2.49. The smallest absolute Gasteiger partial charge is 0.368 e. The van der Waals surface area contributed by atoms with Crippen LogP contribution in [0.4, 0.5) is 26.3 Å². The Hall–Kier alpha value is -1.50. The molecule has 1 atom stereocenters. The number of halogens is 6. The molecule has 3 aliphatic rings. The lowest BCUT2D eigenvalue weighted by Gasteiger charge is -2.37. The third-order valence-electron chi connectivity index (χ3n) is 8.45. The van der Waals surface area contributed by atoms with Gasteiger partial charge in [0.15, 0.2) is 0 Å². The number of hydrogen-bond acceptors (Lipinski definition) is 1. The van der Waals surface area contributed by atoms with Gasteiger partial charge in [0, 0.05) is 0 Å². The van der Waals surface area contributed by atoms with Gasteiger partial charge in [0.25, 0.3) is 0 Å². The first-order valence-electron chi connectivity index (χ1n) is 12.5. The van der Waals surface area contributed by atoms with Crippen molar-refractivity contribution < 1.29 is 31.1 Å². The van der Waals surface area contributed by atoms with Gasteiger partial charge in [-0.1, -0.05) is 25.0 Å². The zero-order valence-electron chi connectivity index (χ0n) is 19.7. The maximum absolute atomic E-state index is 14.0. The Morgan fingerprint density at radius 2 is 1.41 bits per heavy atom. The Bertz CT molecular complexity index is 867. The Balaban J connectivity index is 1.46. The summed E-state index contributed by atoms with van der Waals surface area (Å²) in [5.41, 5.74) is -3.36. The fourth-order valence-electron chi connectivity index (χ4n) is 6.46. The summed E-state index contributed by atoms with van der Waals surface area (Å²) in [4.78, 5) is 0. The average Bonchev–Trinajstić information content (AvgIpc) is 3.62. The number of alkyl halides is 6. The van der Waals surface area contributed by atoms with Crippen LogP contribution in [0.1, 0.15) is 91.7 Å². The minimum Gasteiger partial charge on any atom is -0.368 e. The quantitative estimate of drug-likeness (QED) is 0.221. The predicted molar refractivity (Wildman–Crippen MR) is 119 cm³/mol. The lowest BCUT2D eigenvalue weighted by Crippen LogP contribution is -2.26. The topological polar surface area (TPSA) is 12.5 Å². The van der Waals surface area contributed by atoms with Crippen molar-refractivity contribution in [2.45, 2.75) is 89.6 Å². The lowest BCUT2D eigenvalue weighted by molar-refractivity contribution is -0.163. The summed E-state index contributed by atoms with van der Waals surface area (Å²) < 4.78 is 88.5. The van der Waals surface area contributed by atoms with Crippen molar-refractivity contribution in [3.63, 3.8) is 0 Å². The first kappa shape index (κ1) is 25.6. The van der Waals surface area contributed by atoms with E-state index in [0.29, 0.717) is 18.3 Å². The molecule has 2 aliphatic carbocycles. The molecule has 1 heterocycles. The molecule has 0 aromatic heterocycles. The zero-order valence-corrected chi connectivity index (χ0v) is 19.7. The minimum absolute atomic E-state index is 0.0232. The third-order valence-corrected chi connectivity index (χ3v) is 8.45. The van der Waals surface area contributed by atoms with E-state index in [-0.39, 0.29) is 35.6 Å². The van der Waals surface area contributed by atoms with E-state index >= 15 is 0 Å². The molecule has 1 unspecified atom stereocenters. The molecule has 1 aliphatic heterocycles. The lowest BCUT2D eigenvalue weighted by atomic mass is 9.68. The van der Waals surface area contributed by atoms with Crippen molar-refractivity contribution in [2.75, 3.05) is 6.61 Å². The summed E-state index contributed by atoms with van der Waals surface area (Å²) in [6.45, 7) is 5.42. The minimum atomic E-state index is -5.09. The maximum atomic E-state index is 14.0. The van der Waals surface area contributed by atoms with Crippen molar-refractivity contribution in [3.8, 4) is 0 Å². The van der Waals surface area contributed by atoms with Gasteiger partial charge in [-0.3, -0.25) is 0 Å². The molecule has 2 saturated carbocycles. The number of aryl methyl sites for hydroxylation is 1. The van der Waals surface area contributed by atoms with Gasteiger partial charge in [-0.05, 0) is 98.7 Å². The van der Waals surface area contributed by atoms with Gasteiger partial charge in [-0.25, -0.2) is 0 Å². The maximum Gasteiger partial charge on any atom is 0.417 e. The van der Waals surface area contributed by atoms with Gasteiger partial charge < -0.3 is 4.74 Å². The molecule has 1 aromatic carbocycles. The third kappa shape index (κ3) is 5.66. The molecule has 0 bridgehead atoms. The predicted octanol–water partition coefficient (Wildman–Crippen LogP) is 8.84. The van der Waals surface area contributed by atoms with Crippen LogP contribution in [0.25, 0.3) is 0 Å². The summed E-state index contributed by atoms with van der Waals surface area (Å²) in [5.74, 6) is 2.28. The van der Waals surface area contributed by atoms with Crippen LogP contribution in [-0.2, 0) is 23.5 Å². The molecule has 0 spiro atoms. The largest absolute Gasteiger partial charge is 0.417 e. The summed E-state index contributed by atoms with van der Waals surface area (Å²) >= 11 is 0. The molecule has 0 radical (unpaired) electrons. The van der Waals surface area contributed by atoms with E-state index in [4.69, 9.17) is 4.74 Å². The highest BCUT2D eigenvalue weighted by atomic mass is 19.4. The van der Waals surface area contributed by atoms with E-state index in [1.54, 1.807) is 0 Å². The molecule has 34 heavy (non-hydrogen) atoms. The fourth-order valence-corrected chi connectivity index (χ4v) is 6.46. The standard InChI is InChI=1S/C27H34F6O/c1-3-17-4-9-19(10-5-17)20-11-6-18(7-12-20)8-13-21-16(2)14-22(23-15-34-23)25(27(31,32)33)24(21)26(28,29)30/h3,14,17-20,23H,1,4-13,15H2,2H3. The van der Waals surface area contributed by atoms with E-state index in [9.17, 15) is 26.3 Å². The summed E-state index contributed by atoms with van der Waals surface area (Å²) in [6, 6.07) is 1.27. The summed E-state index contributed by atoms with van der Waals surface area (Å²) in [7, 11) is 0. The number of rotatable bonds is 6. The van der Waals surface area contributed by atoms with E-state index in [1.807, 2.05) is 0 Å². The van der Waals surface area contributed by atoms with E-state index in [1.165, 1.54) is 38.7 Å². The molecule has 4 rings (SSSR count). The molecular formula is C27H34F6O. The molecule has 7 heteroatoms. The van der Waals surface area contributed by atoms with Crippen molar-refractivity contribution in [1.29, 1.82) is 0 Å². The van der Waals surface area contributed by atoms with Gasteiger partial charge in [0.1, 0.15) is 6.10 Å². The number of ether oxygens (including phenoxy) is 1. The van der Waals surface area contributed by atoms with E-state index < -0.39 is 29.6 Å². The highest BCUT2D eigenvalue weighted by Crippen LogP contribution is 2.49. The molecule has 1 aromatic rings. The fraction of sp³-hybridized carbons (Fsp3) is 0.704. The molecule has 0 amide bonds. The van der Waals surface area contributed by atoms with Crippen LogP contribution in [-0.4, -0.2) is 6.61 Å². The molecule has 190 valence electrons. The number of allylic oxidation sites excluding steroid dienone is 1.